The van der Waals surface area contributed by atoms with E-state index >= 15 is 0 Å². The van der Waals surface area contributed by atoms with Crippen LogP contribution in [0.25, 0.3) is 10.2 Å². The van der Waals surface area contributed by atoms with Crippen LogP contribution in [0.3, 0.4) is 0 Å². The number of hydrogen-bond donors (Lipinski definition) is 0. The summed E-state index contributed by atoms with van der Waals surface area (Å²) in [5.41, 5.74) is 1.23. The van der Waals surface area contributed by atoms with Gasteiger partial charge >= 0.3 is 6.18 Å². The molecule has 10 heteroatoms. The Morgan fingerprint density at radius 3 is 2.74 bits per heavy atom. The van der Waals surface area contributed by atoms with Gasteiger partial charge in [-0.1, -0.05) is 0 Å². The van der Waals surface area contributed by atoms with Gasteiger partial charge in [0.25, 0.3) is 0 Å². The molecule has 5 rings (SSSR count). The lowest BCUT2D eigenvalue weighted by Crippen LogP contribution is -2.41. The number of aromatic nitrogens is 4. The average Bonchev–Trinajstić information content (AvgIpc) is 3.42. The van der Waals surface area contributed by atoms with Crippen LogP contribution in [-0.2, 0) is 13.5 Å². The van der Waals surface area contributed by atoms with Crippen LogP contribution < -0.4 is 4.90 Å². The van der Waals surface area contributed by atoms with Crippen molar-refractivity contribution in [2.24, 2.45) is 18.9 Å². The Labute approximate surface area is 182 Å². The highest BCUT2D eigenvalue weighted by Gasteiger charge is 2.39. The molecule has 31 heavy (non-hydrogen) atoms. The SMILES string of the molecule is C[C@@H](c1cnn(C)c1)N1CC[C@H]2CN(c3ncnc4sc(CC(F)(F)F)cc34)C[C@H]2C1. The second-order valence-electron chi connectivity index (χ2n) is 8.75. The smallest absolute Gasteiger partial charge is 0.355 e. The Morgan fingerprint density at radius 1 is 1.19 bits per heavy atom. The minimum absolute atomic E-state index is 0.289. The van der Waals surface area contributed by atoms with Crippen LogP contribution in [0, 0.1) is 11.8 Å². The van der Waals surface area contributed by atoms with Crippen LogP contribution in [0.2, 0.25) is 0 Å². The summed E-state index contributed by atoms with van der Waals surface area (Å²) in [7, 11) is 1.93. The van der Waals surface area contributed by atoms with Gasteiger partial charge in [0.05, 0.1) is 18.0 Å². The normalized spacial score (nSPS) is 23.5. The zero-order valence-electron chi connectivity index (χ0n) is 17.5. The van der Waals surface area contributed by atoms with Gasteiger partial charge in [0.2, 0.25) is 0 Å². The maximum absolute atomic E-state index is 12.8. The lowest BCUT2D eigenvalue weighted by molar-refractivity contribution is -0.126. The van der Waals surface area contributed by atoms with Crippen molar-refractivity contribution in [2.45, 2.75) is 32.0 Å². The van der Waals surface area contributed by atoms with E-state index < -0.39 is 12.6 Å². The predicted molar refractivity (Wildman–Crippen MR) is 114 cm³/mol. The summed E-state index contributed by atoms with van der Waals surface area (Å²) in [5, 5.41) is 5.04. The Kier molecular flexibility index (Phi) is 5.16. The van der Waals surface area contributed by atoms with Crippen molar-refractivity contribution < 1.29 is 13.2 Å². The standard InChI is InChI=1S/C21H25F3N6S/c1-13(15-7-27-28(2)8-15)29-4-3-14-9-30(11-16(14)10-29)19-18-5-17(6-21(22,23)24)31-20(18)26-12-25-19/h5,7-8,12-14,16H,3-4,6,9-11H2,1-2H3/t13-,14-,16+/m0/s1. The topological polar surface area (TPSA) is 50.1 Å². The van der Waals surface area contributed by atoms with Crippen molar-refractivity contribution in [1.82, 2.24) is 24.6 Å². The fraction of sp³-hybridized carbons (Fsp3) is 0.571. The monoisotopic (exact) mass is 450 g/mol. The van der Waals surface area contributed by atoms with E-state index in [1.165, 1.54) is 11.9 Å². The number of halogens is 3. The van der Waals surface area contributed by atoms with E-state index in [-0.39, 0.29) is 4.88 Å². The molecule has 6 nitrogen and oxygen atoms in total. The summed E-state index contributed by atoms with van der Waals surface area (Å²) in [6.45, 7) is 6.05. The molecule has 3 aromatic heterocycles. The van der Waals surface area contributed by atoms with Gasteiger partial charge in [0, 0.05) is 49.4 Å². The fourth-order valence-electron chi connectivity index (χ4n) is 5.02. The van der Waals surface area contributed by atoms with Crippen LogP contribution in [0.5, 0.6) is 0 Å². The number of nitrogens with zero attached hydrogens (tertiary/aromatic N) is 6. The minimum Gasteiger partial charge on any atom is -0.355 e. The lowest BCUT2D eigenvalue weighted by atomic mass is 9.87. The highest BCUT2D eigenvalue weighted by molar-refractivity contribution is 7.18. The summed E-state index contributed by atoms with van der Waals surface area (Å²) >= 11 is 1.11. The molecule has 0 unspecified atom stereocenters. The lowest BCUT2D eigenvalue weighted by Gasteiger charge is -2.37. The molecule has 3 aromatic rings. The third-order valence-corrected chi connectivity index (χ3v) is 7.66. The summed E-state index contributed by atoms with van der Waals surface area (Å²) in [6, 6.07) is 1.94. The van der Waals surface area contributed by atoms with Gasteiger partial charge in [0.15, 0.2) is 0 Å². The van der Waals surface area contributed by atoms with Gasteiger partial charge in [-0.25, -0.2) is 9.97 Å². The predicted octanol–water partition coefficient (Wildman–Crippen LogP) is 4.05. The zero-order chi connectivity index (χ0) is 21.8. The Bertz CT molecular complexity index is 1080. The van der Waals surface area contributed by atoms with E-state index in [0.29, 0.717) is 22.7 Å². The number of hydrogen-bond acceptors (Lipinski definition) is 6. The van der Waals surface area contributed by atoms with Crippen molar-refractivity contribution in [3.8, 4) is 0 Å². The number of likely N-dealkylation sites (tertiary alicyclic amines) is 1. The van der Waals surface area contributed by atoms with Gasteiger partial charge in [0.1, 0.15) is 17.0 Å². The van der Waals surface area contributed by atoms with E-state index in [9.17, 15) is 13.2 Å². The van der Waals surface area contributed by atoms with E-state index in [4.69, 9.17) is 0 Å². The van der Waals surface area contributed by atoms with E-state index in [0.717, 1.165) is 55.1 Å². The molecule has 3 atom stereocenters. The number of aryl methyl sites for hydroxylation is 1. The minimum atomic E-state index is -4.22. The van der Waals surface area contributed by atoms with Gasteiger partial charge in [-0.3, -0.25) is 9.58 Å². The molecule has 2 fully saturated rings. The maximum Gasteiger partial charge on any atom is 0.393 e. The molecule has 2 aliphatic heterocycles. The van der Waals surface area contributed by atoms with Crippen LogP contribution >= 0.6 is 11.3 Å². The van der Waals surface area contributed by atoms with Crippen molar-refractivity contribution >= 4 is 27.4 Å². The molecule has 0 aromatic carbocycles. The largest absolute Gasteiger partial charge is 0.393 e. The van der Waals surface area contributed by atoms with Crippen molar-refractivity contribution in [1.29, 1.82) is 0 Å². The van der Waals surface area contributed by atoms with Crippen LogP contribution in [0.4, 0.5) is 19.0 Å². The summed E-state index contributed by atoms with van der Waals surface area (Å²) in [6.07, 6.45) is 1.47. The van der Waals surface area contributed by atoms with Crippen molar-refractivity contribution in [3.05, 3.63) is 35.2 Å². The van der Waals surface area contributed by atoms with Gasteiger partial charge in [-0.05, 0) is 37.8 Å². The Balaban J connectivity index is 1.33. The molecule has 166 valence electrons. The molecule has 0 amide bonds. The summed E-state index contributed by atoms with van der Waals surface area (Å²) < 4.78 is 40.4. The number of piperidine rings is 1. The molecule has 5 heterocycles. The summed E-state index contributed by atoms with van der Waals surface area (Å²) in [5.74, 6) is 1.87. The number of rotatable bonds is 4. The molecular formula is C21H25F3N6S. The molecule has 0 saturated carbocycles. The van der Waals surface area contributed by atoms with E-state index in [1.807, 2.05) is 17.9 Å². The number of anilines is 1. The highest BCUT2D eigenvalue weighted by Crippen LogP contribution is 2.39. The van der Waals surface area contributed by atoms with E-state index in [2.05, 4.69) is 38.0 Å². The molecule has 0 bridgehead atoms. The van der Waals surface area contributed by atoms with E-state index in [1.54, 1.807) is 6.07 Å². The number of thiophene rings is 1. The van der Waals surface area contributed by atoms with Crippen LogP contribution in [0.15, 0.2) is 24.8 Å². The molecular weight excluding hydrogens is 425 g/mol. The van der Waals surface area contributed by atoms with Gasteiger partial charge < -0.3 is 4.90 Å². The number of fused-ring (bicyclic) bond motifs is 2. The second kappa shape index (κ2) is 7.74. The highest BCUT2D eigenvalue weighted by atomic mass is 32.1. The van der Waals surface area contributed by atoms with Crippen LogP contribution in [0.1, 0.15) is 29.8 Å². The molecule has 0 radical (unpaired) electrons. The van der Waals surface area contributed by atoms with Crippen LogP contribution in [-0.4, -0.2) is 57.0 Å². The molecule has 0 N–H and O–H groups in total. The summed E-state index contributed by atoms with van der Waals surface area (Å²) in [4.78, 5) is 14.4. The molecule has 0 aliphatic carbocycles. The zero-order valence-corrected chi connectivity index (χ0v) is 18.3. The average molecular weight is 451 g/mol. The maximum atomic E-state index is 12.8. The third-order valence-electron chi connectivity index (χ3n) is 6.62. The molecule has 2 saturated heterocycles. The Morgan fingerprint density at radius 2 is 2.00 bits per heavy atom. The first-order valence-corrected chi connectivity index (χ1v) is 11.4. The second-order valence-corrected chi connectivity index (χ2v) is 9.87. The first kappa shape index (κ1) is 20.7. The van der Waals surface area contributed by atoms with Gasteiger partial charge in [-0.15, -0.1) is 11.3 Å². The number of alkyl halides is 3. The molecule has 0 spiro atoms. The fourth-order valence-corrected chi connectivity index (χ4v) is 6.04. The first-order valence-electron chi connectivity index (χ1n) is 10.5. The van der Waals surface area contributed by atoms with Crippen molar-refractivity contribution in [3.63, 3.8) is 0 Å². The van der Waals surface area contributed by atoms with Crippen molar-refractivity contribution in [2.75, 3.05) is 31.1 Å². The Hall–Kier alpha value is -2.20. The third kappa shape index (κ3) is 4.15. The molecule has 2 aliphatic rings. The quantitative estimate of drug-likeness (QED) is 0.600. The van der Waals surface area contributed by atoms with Gasteiger partial charge in [-0.2, -0.15) is 18.3 Å². The first-order chi connectivity index (χ1) is 14.8.